The molecule has 1 aliphatic rings. The molecule has 0 radical (unpaired) electrons. The fourth-order valence-corrected chi connectivity index (χ4v) is 3.71. The number of aliphatic carboxylic acids is 1. The summed E-state index contributed by atoms with van der Waals surface area (Å²) in [6.07, 6.45) is 0. The van der Waals surface area contributed by atoms with E-state index in [1.54, 1.807) is 0 Å². The van der Waals surface area contributed by atoms with Gasteiger partial charge in [0.05, 0.1) is 22.0 Å². The molecule has 2 aromatic rings. The molecule has 3 rings (SSSR count). The lowest BCUT2D eigenvalue weighted by molar-refractivity contribution is -0.139. The van der Waals surface area contributed by atoms with Crippen molar-refractivity contribution in [3.8, 4) is 0 Å². The van der Waals surface area contributed by atoms with Gasteiger partial charge in [0, 0.05) is 12.0 Å². The second kappa shape index (κ2) is 4.47. The number of para-hydroxylation sites is 1. The van der Waals surface area contributed by atoms with Gasteiger partial charge in [0.15, 0.2) is 0 Å². The van der Waals surface area contributed by atoms with Crippen molar-refractivity contribution >= 4 is 28.6 Å². The first kappa shape index (κ1) is 14.4. The van der Waals surface area contributed by atoms with Crippen LogP contribution in [-0.2, 0) is 4.79 Å². The SMILES string of the molecule is CC(C)n1c(C2C(C(=O)O)C2(C)C)nc2cccc(Cl)c21. The molecule has 0 bridgehead atoms. The number of fused-ring (bicyclic) bond motifs is 1. The van der Waals surface area contributed by atoms with E-state index in [1.807, 2.05) is 32.0 Å². The highest BCUT2D eigenvalue weighted by atomic mass is 35.5. The maximum Gasteiger partial charge on any atom is 0.307 e. The third-order valence-corrected chi connectivity index (χ3v) is 4.88. The second-order valence-electron chi connectivity index (χ2n) is 6.66. The molecule has 1 aromatic heterocycles. The number of imidazole rings is 1. The summed E-state index contributed by atoms with van der Waals surface area (Å²) in [6.45, 7) is 8.11. The highest BCUT2D eigenvalue weighted by Crippen LogP contribution is 2.64. The molecule has 1 N–H and O–H groups in total. The van der Waals surface area contributed by atoms with E-state index in [0.29, 0.717) is 5.02 Å². The van der Waals surface area contributed by atoms with Crippen LogP contribution in [0.1, 0.15) is 45.5 Å². The van der Waals surface area contributed by atoms with Crippen LogP contribution < -0.4 is 0 Å². The minimum atomic E-state index is -0.751. The zero-order valence-corrected chi connectivity index (χ0v) is 13.3. The Bertz CT molecular complexity index is 733. The number of nitrogens with zero attached hydrogens (tertiary/aromatic N) is 2. The fraction of sp³-hybridized carbons (Fsp3) is 0.500. The quantitative estimate of drug-likeness (QED) is 0.929. The third kappa shape index (κ3) is 1.96. The summed E-state index contributed by atoms with van der Waals surface area (Å²) in [7, 11) is 0. The first-order valence-electron chi connectivity index (χ1n) is 7.16. The van der Waals surface area contributed by atoms with E-state index in [1.165, 1.54) is 0 Å². The van der Waals surface area contributed by atoms with Gasteiger partial charge >= 0.3 is 5.97 Å². The lowest BCUT2D eigenvalue weighted by Gasteiger charge is -2.14. The minimum absolute atomic E-state index is 0.0686. The zero-order valence-electron chi connectivity index (χ0n) is 12.6. The Morgan fingerprint density at radius 1 is 1.43 bits per heavy atom. The number of carboxylic acids is 1. The van der Waals surface area contributed by atoms with Crippen molar-refractivity contribution in [2.75, 3.05) is 0 Å². The molecule has 1 fully saturated rings. The van der Waals surface area contributed by atoms with Gasteiger partial charge in [0.25, 0.3) is 0 Å². The molecule has 1 saturated carbocycles. The number of aromatic nitrogens is 2. The molecule has 112 valence electrons. The number of hydrogen-bond donors (Lipinski definition) is 1. The molecule has 1 aromatic carbocycles. The summed E-state index contributed by atoms with van der Waals surface area (Å²) in [5, 5.41) is 10.1. The summed E-state index contributed by atoms with van der Waals surface area (Å²) in [5.41, 5.74) is 1.46. The first-order valence-corrected chi connectivity index (χ1v) is 7.53. The predicted molar refractivity (Wildman–Crippen MR) is 82.8 cm³/mol. The normalized spacial score (nSPS) is 23.7. The van der Waals surface area contributed by atoms with Crippen molar-refractivity contribution in [2.24, 2.45) is 11.3 Å². The van der Waals surface area contributed by atoms with Gasteiger partial charge in [0.1, 0.15) is 5.82 Å². The summed E-state index contributed by atoms with van der Waals surface area (Å²) in [5.74, 6) is -0.365. The first-order chi connectivity index (χ1) is 9.76. The minimum Gasteiger partial charge on any atom is -0.481 e. The van der Waals surface area contributed by atoms with Crippen LogP contribution in [0.25, 0.3) is 11.0 Å². The van der Waals surface area contributed by atoms with E-state index >= 15 is 0 Å². The van der Waals surface area contributed by atoms with Crippen LogP contribution in [0.15, 0.2) is 18.2 Å². The number of benzene rings is 1. The Kier molecular flexibility index (Phi) is 3.06. The molecule has 4 nitrogen and oxygen atoms in total. The molecule has 0 amide bonds. The van der Waals surface area contributed by atoms with E-state index in [2.05, 4.69) is 18.4 Å². The van der Waals surface area contributed by atoms with Crippen molar-refractivity contribution < 1.29 is 9.90 Å². The van der Waals surface area contributed by atoms with E-state index in [9.17, 15) is 9.90 Å². The van der Waals surface area contributed by atoms with Gasteiger partial charge in [-0.25, -0.2) is 4.98 Å². The third-order valence-electron chi connectivity index (χ3n) is 4.58. The lowest BCUT2D eigenvalue weighted by atomic mass is 10.1. The average molecular weight is 307 g/mol. The molecule has 2 atom stereocenters. The maximum atomic E-state index is 11.5. The number of carbonyl (C=O) groups is 1. The highest BCUT2D eigenvalue weighted by Gasteiger charge is 2.64. The Morgan fingerprint density at radius 3 is 2.62 bits per heavy atom. The average Bonchev–Trinajstić information content (AvgIpc) is 2.77. The Balaban J connectivity index is 2.23. The zero-order chi connectivity index (χ0) is 15.5. The number of carboxylic acid groups (broad SMARTS) is 1. The second-order valence-corrected chi connectivity index (χ2v) is 7.06. The Morgan fingerprint density at radius 2 is 2.10 bits per heavy atom. The van der Waals surface area contributed by atoms with Gasteiger partial charge in [-0.3, -0.25) is 4.79 Å². The molecular weight excluding hydrogens is 288 g/mol. The summed E-state index contributed by atoms with van der Waals surface area (Å²) >= 11 is 6.34. The van der Waals surface area contributed by atoms with Crippen LogP contribution in [0.3, 0.4) is 0 Å². The van der Waals surface area contributed by atoms with Crippen molar-refractivity contribution in [2.45, 2.75) is 39.7 Å². The molecule has 5 heteroatoms. The van der Waals surface area contributed by atoms with E-state index < -0.39 is 5.97 Å². The van der Waals surface area contributed by atoms with Gasteiger partial charge in [-0.15, -0.1) is 0 Å². The van der Waals surface area contributed by atoms with Crippen LogP contribution in [0.2, 0.25) is 5.02 Å². The van der Waals surface area contributed by atoms with Crippen LogP contribution >= 0.6 is 11.6 Å². The van der Waals surface area contributed by atoms with Gasteiger partial charge in [0.2, 0.25) is 0 Å². The van der Waals surface area contributed by atoms with E-state index in [4.69, 9.17) is 16.6 Å². The Hall–Kier alpha value is -1.55. The van der Waals surface area contributed by atoms with Crippen LogP contribution in [0.5, 0.6) is 0 Å². The monoisotopic (exact) mass is 306 g/mol. The standard InChI is InChI=1S/C16H19ClN2O2/c1-8(2)19-13-9(17)6-5-7-10(13)18-14(19)11-12(15(20)21)16(11,3)4/h5-8,11-12H,1-4H3,(H,20,21). The topological polar surface area (TPSA) is 55.1 Å². The molecule has 0 spiro atoms. The summed E-state index contributed by atoms with van der Waals surface area (Å²) in [6, 6.07) is 5.82. The predicted octanol–water partition coefficient (Wildman–Crippen LogP) is 4.09. The fourth-order valence-electron chi connectivity index (χ4n) is 3.45. The van der Waals surface area contributed by atoms with E-state index in [0.717, 1.165) is 16.9 Å². The molecule has 0 aliphatic heterocycles. The largest absolute Gasteiger partial charge is 0.481 e. The number of halogens is 1. The number of rotatable bonds is 3. The van der Waals surface area contributed by atoms with Crippen molar-refractivity contribution in [1.29, 1.82) is 0 Å². The van der Waals surface area contributed by atoms with Gasteiger partial charge in [-0.2, -0.15) is 0 Å². The highest BCUT2D eigenvalue weighted by molar-refractivity contribution is 6.35. The van der Waals surface area contributed by atoms with Crippen molar-refractivity contribution in [3.63, 3.8) is 0 Å². The Labute approximate surface area is 128 Å². The molecular formula is C16H19ClN2O2. The van der Waals surface area contributed by atoms with Crippen molar-refractivity contribution in [3.05, 3.63) is 29.0 Å². The van der Waals surface area contributed by atoms with Crippen molar-refractivity contribution in [1.82, 2.24) is 9.55 Å². The molecule has 1 heterocycles. The van der Waals surface area contributed by atoms with Crippen LogP contribution in [0, 0.1) is 11.3 Å². The van der Waals surface area contributed by atoms with Crippen LogP contribution in [0.4, 0.5) is 0 Å². The van der Waals surface area contributed by atoms with Gasteiger partial charge in [-0.05, 0) is 31.4 Å². The molecule has 2 unspecified atom stereocenters. The molecule has 21 heavy (non-hydrogen) atoms. The number of hydrogen-bond acceptors (Lipinski definition) is 2. The van der Waals surface area contributed by atoms with Gasteiger partial charge in [-0.1, -0.05) is 31.5 Å². The molecule has 1 aliphatic carbocycles. The van der Waals surface area contributed by atoms with E-state index in [-0.39, 0.29) is 23.3 Å². The summed E-state index contributed by atoms with van der Waals surface area (Å²) in [4.78, 5) is 16.2. The maximum absolute atomic E-state index is 11.5. The summed E-state index contributed by atoms with van der Waals surface area (Å²) < 4.78 is 2.09. The van der Waals surface area contributed by atoms with Gasteiger partial charge < -0.3 is 9.67 Å². The molecule has 0 saturated heterocycles. The van der Waals surface area contributed by atoms with Crippen LogP contribution in [-0.4, -0.2) is 20.6 Å². The lowest BCUT2D eigenvalue weighted by Crippen LogP contribution is -2.08. The smallest absolute Gasteiger partial charge is 0.307 e.